The van der Waals surface area contributed by atoms with E-state index in [9.17, 15) is 8.60 Å². The summed E-state index contributed by atoms with van der Waals surface area (Å²) >= 11 is 0. The van der Waals surface area contributed by atoms with Crippen molar-refractivity contribution in [1.82, 2.24) is 9.62 Å². The van der Waals surface area contributed by atoms with Crippen LogP contribution in [0.25, 0.3) is 0 Å². The van der Waals surface area contributed by atoms with Gasteiger partial charge in [0.05, 0.1) is 21.6 Å². The monoisotopic (exact) mass is 292 g/mol. The summed E-state index contributed by atoms with van der Waals surface area (Å²) in [5.41, 5.74) is 0. The molecule has 0 saturated heterocycles. The molecule has 0 aromatic heterocycles. The molecule has 112 valence electrons. The summed E-state index contributed by atoms with van der Waals surface area (Å²) in [5, 5.41) is 3.01. The summed E-state index contributed by atoms with van der Waals surface area (Å²) in [6, 6.07) is 0. The van der Waals surface area contributed by atoms with E-state index < -0.39 is 9.71 Å². The maximum absolute atomic E-state index is 12.7. The third kappa shape index (κ3) is 6.33. The summed E-state index contributed by atoms with van der Waals surface area (Å²) in [6.45, 7) is 4.16. The van der Waals surface area contributed by atoms with Gasteiger partial charge in [-0.2, -0.15) is 0 Å². The van der Waals surface area contributed by atoms with Crippen molar-refractivity contribution in [1.29, 1.82) is 0 Å². The Bertz CT molecular complexity index is 426. The maximum atomic E-state index is 12.7. The fourth-order valence-corrected chi connectivity index (χ4v) is 2.62. The zero-order chi connectivity index (χ0) is 15.1. The standard InChI is InChI=1S/C13H25FN2O2S/c1-11(14)7-8-12(2)19(6,17)16(4)10-13(18-5)9-15-3/h7-8,13,15H,6,9-10H2,1-5H3. The zero-order valence-corrected chi connectivity index (χ0v) is 13.2. The number of likely N-dealkylation sites (N-methyl/N-ethyl adjacent to an activating group) is 2. The molecule has 0 aromatic rings. The number of halogens is 1. The van der Waals surface area contributed by atoms with Crippen LogP contribution in [0.3, 0.4) is 0 Å². The van der Waals surface area contributed by atoms with E-state index in [1.165, 1.54) is 19.1 Å². The third-order valence-electron chi connectivity index (χ3n) is 2.78. The first kappa shape index (κ1) is 18.3. The predicted octanol–water partition coefficient (Wildman–Crippen LogP) is 1.56. The van der Waals surface area contributed by atoms with E-state index in [0.717, 1.165) is 0 Å². The molecule has 2 atom stereocenters. The first-order valence-electron chi connectivity index (χ1n) is 6.02. The summed E-state index contributed by atoms with van der Waals surface area (Å²) in [6.07, 6.45) is 2.71. The van der Waals surface area contributed by atoms with Gasteiger partial charge in [0.1, 0.15) is 0 Å². The lowest BCUT2D eigenvalue weighted by atomic mass is 10.3. The van der Waals surface area contributed by atoms with Crippen molar-refractivity contribution >= 4 is 15.6 Å². The minimum absolute atomic E-state index is 0.0798. The molecule has 19 heavy (non-hydrogen) atoms. The molecule has 0 aliphatic rings. The Morgan fingerprint density at radius 1 is 1.53 bits per heavy atom. The molecule has 0 bridgehead atoms. The zero-order valence-electron chi connectivity index (χ0n) is 12.4. The van der Waals surface area contributed by atoms with Gasteiger partial charge in [-0.3, -0.25) is 0 Å². The number of allylic oxidation sites excluding steroid dienone is 4. The van der Waals surface area contributed by atoms with Gasteiger partial charge in [0.15, 0.2) is 0 Å². The first-order chi connectivity index (χ1) is 8.75. The van der Waals surface area contributed by atoms with Gasteiger partial charge in [0, 0.05) is 25.1 Å². The van der Waals surface area contributed by atoms with E-state index in [1.54, 1.807) is 25.4 Å². The molecule has 1 N–H and O–H groups in total. The summed E-state index contributed by atoms with van der Waals surface area (Å²) < 4.78 is 32.2. The molecule has 0 rings (SSSR count). The van der Waals surface area contributed by atoms with Crippen LogP contribution in [0.4, 0.5) is 4.39 Å². The van der Waals surface area contributed by atoms with Gasteiger partial charge in [-0.25, -0.2) is 12.9 Å². The van der Waals surface area contributed by atoms with Crippen LogP contribution in [0.1, 0.15) is 13.8 Å². The molecule has 0 aliphatic carbocycles. The van der Waals surface area contributed by atoms with Crippen molar-refractivity contribution in [2.45, 2.75) is 20.0 Å². The van der Waals surface area contributed by atoms with Gasteiger partial charge in [-0.05, 0) is 46.0 Å². The molecule has 6 heteroatoms. The molecule has 0 fully saturated rings. The number of methoxy groups -OCH3 is 1. The lowest BCUT2D eigenvalue weighted by Gasteiger charge is -2.26. The summed E-state index contributed by atoms with van der Waals surface area (Å²) in [4.78, 5) is 0.534. The predicted molar refractivity (Wildman–Crippen MR) is 81.2 cm³/mol. The average molecular weight is 292 g/mol. The van der Waals surface area contributed by atoms with E-state index in [2.05, 4.69) is 11.2 Å². The van der Waals surface area contributed by atoms with Crippen LogP contribution in [0.15, 0.2) is 22.9 Å². The number of hydrogen-bond acceptors (Lipinski definition) is 3. The second-order valence-electron chi connectivity index (χ2n) is 4.40. The minimum Gasteiger partial charge on any atom is -0.379 e. The number of rotatable bonds is 8. The van der Waals surface area contributed by atoms with Gasteiger partial charge >= 0.3 is 0 Å². The van der Waals surface area contributed by atoms with E-state index >= 15 is 0 Å². The van der Waals surface area contributed by atoms with Gasteiger partial charge in [-0.15, -0.1) is 0 Å². The molecule has 0 radical (unpaired) electrons. The normalized spacial score (nSPS) is 18.5. The minimum atomic E-state index is -2.58. The van der Waals surface area contributed by atoms with Crippen molar-refractivity contribution in [3.05, 3.63) is 22.9 Å². The highest BCUT2D eigenvalue weighted by Crippen LogP contribution is 2.12. The maximum Gasteiger partial charge on any atom is 0.0968 e. The van der Waals surface area contributed by atoms with Crippen LogP contribution in [0, 0.1) is 0 Å². The van der Waals surface area contributed by atoms with Crippen molar-refractivity contribution in [2.24, 2.45) is 0 Å². The number of nitrogens with one attached hydrogen (secondary N) is 1. The van der Waals surface area contributed by atoms with Crippen LogP contribution in [-0.4, -0.2) is 54.8 Å². The van der Waals surface area contributed by atoms with Crippen LogP contribution in [-0.2, 0) is 14.4 Å². The van der Waals surface area contributed by atoms with E-state index in [1.807, 2.05) is 7.05 Å². The van der Waals surface area contributed by atoms with Gasteiger partial charge in [0.2, 0.25) is 0 Å². The Balaban J connectivity index is 4.90. The van der Waals surface area contributed by atoms with Gasteiger partial charge in [0.25, 0.3) is 0 Å². The van der Waals surface area contributed by atoms with Crippen molar-refractivity contribution in [3.8, 4) is 0 Å². The average Bonchev–Trinajstić information content (AvgIpc) is 2.34. The first-order valence-corrected chi connectivity index (χ1v) is 7.70. The molecule has 0 amide bonds. The molecule has 0 spiro atoms. The molecule has 0 aromatic carbocycles. The highest BCUT2D eigenvalue weighted by molar-refractivity contribution is 8.01. The largest absolute Gasteiger partial charge is 0.379 e. The third-order valence-corrected chi connectivity index (χ3v) is 5.08. The summed E-state index contributed by atoms with van der Waals surface area (Å²) in [5.74, 6) is 3.42. The number of ether oxygens (including phenoxy) is 1. The van der Waals surface area contributed by atoms with Crippen molar-refractivity contribution < 1.29 is 13.3 Å². The van der Waals surface area contributed by atoms with Crippen LogP contribution < -0.4 is 5.32 Å². The molecule has 0 saturated carbocycles. The smallest absolute Gasteiger partial charge is 0.0968 e. The quantitative estimate of drug-likeness (QED) is 0.545. The fourth-order valence-electron chi connectivity index (χ4n) is 1.44. The summed E-state index contributed by atoms with van der Waals surface area (Å²) in [7, 11) is 2.58. The Hall–Kier alpha value is -0.690. The second kappa shape index (κ2) is 8.47. The SMILES string of the molecule is C=S(=O)(C(C)=CC=C(C)F)N(C)CC(CNC)OC. The van der Waals surface area contributed by atoms with Gasteiger partial charge < -0.3 is 10.1 Å². The van der Waals surface area contributed by atoms with Crippen molar-refractivity contribution in [2.75, 3.05) is 34.3 Å². The van der Waals surface area contributed by atoms with Crippen LogP contribution >= 0.6 is 0 Å². The highest BCUT2D eigenvalue weighted by atomic mass is 32.2. The van der Waals surface area contributed by atoms with E-state index in [0.29, 0.717) is 18.0 Å². The van der Waals surface area contributed by atoms with E-state index in [-0.39, 0.29) is 11.9 Å². The Morgan fingerprint density at radius 2 is 2.11 bits per heavy atom. The highest BCUT2D eigenvalue weighted by Gasteiger charge is 2.18. The number of hydrogen-bond donors (Lipinski definition) is 1. The molecule has 2 unspecified atom stereocenters. The van der Waals surface area contributed by atoms with Crippen LogP contribution in [0.5, 0.6) is 0 Å². The Labute approximate surface area is 116 Å². The topological polar surface area (TPSA) is 41.6 Å². The Morgan fingerprint density at radius 3 is 2.53 bits per heavy atom. The van der Waals surface area contributed by atoms with Crippen LogP contribution in [0.2, 0.25) is 0 Å². The fraction of sp³-hybridized carbons (Fsp3) is 0.615. The molecular weight excluding hydrogens is 267 g/mol. The molecule has 0 heterocycles. The molecule has 4 nitrogen and oxygen atoms in total. The van der Waals surface area contributed by atoms with Gasteiger partial charge in [-0.1, -0.05) is 0 Å². The lowest BCUT2D eigenvalue weighted by molar-refractivity contribution is 0.0909. The van der Waals surface area contributed by atoms with Crippen molar-refractivity contribution in [3.63, 3.8) is 0 Å². The second-order valence-corrected chi connectivity index (χ2v) is 6.95. The molecular formula is C13H25FN2O2S. The Kier molecular flexibility index (Phi) is 8.17. The molecule has 0 aliphatic heterocycles. The number of nitrogens with zero attached hydrogens (tertiary/aromatic N) is 1. The lowest BCUT2D eigenvalue weighted by Crippen LogP contribution is -2.39. The van der Waals surface area contributed by atoms with E-state index in [4.69, 9.17) is 4.74 Å².